The molecule has 2 aliphatic rings. The minimum absolute atomic E-state index is 0.150. The fraction of sp³-hybridized carbons (Fsp3) is 0.348. The summed E-state index contributed by atoms with van der Waals surface area (Å²) < 4.78 is 0. The third-order valence-electron chi connectivity index (χ3n) is 5.76. The number of nitrogens with zero attached hydrogens (tertiary/aromatic N) is 4. The van der Waals surface area contributed by atoms with Gasteiger partial charge in [-0.2, -0.15) is 11.8 Å². The van der Waals surface area contributed by atoms with Gasteiger partial charge in [0.05, 0.1) is 11.2 Å². The molecule has 2 aromatic carbocycles. The van der Waals surface area contributed by atoms with Crippen LogP contribution in [0.5, 0.6) is 0 Å². The number of benzene rings is 2. The molecule has 0 spiro atoms. The quantitative estimate of drug-likeness (QED) is 0.664. The highest BCUT2D eigenvalue weighted by Gasteiger charge is 2.36. The van der Waals surface area contributed by atoms with Gasteiger partial charge < -0.3 is 9.80 Å². The molecule has 0 radical (unpaired) electrons. The van der Waals surface area contributed by atoms with E-state index >= 15 is 0 Å². The van der Waals surface area contributed by atoms with Crippen molar-refractivity contribution in [3.8, 4) is 11.3 Å². The number of rotatable bonds is 3. The van der Waals surface area contributed by atoms with E-state index in [1.165, 1.54) is 0 Å². The SMILES string of the molecule is O=C(C1CCCN1c1nc(-c2ccccc2)c2ccccc2n1)N1CCSCC1. The molecule has 3 heterocycles. The highest BCUT2D eigenvalue weighted by Crippen LogP contribution is 2.31. The minimum Gasteiger partial charge on any atom is -0.339 e. The van der Waals surface area contributed by atoms with Gasteiger partial charge in [0.1, 0.15) is 6.04 Å². The van der Waals surface area contributed by atoms with Gasteiger partial charge in [0.2, 0.25) is 11.9 Å². The Balaban J connectivity index is 1.55. The number of amides is 1. The second kappa shape index (κ2) is 8.03. The van der Waals surface area contributed by atoms with E-state index in [9.17, 15) is 4.79 Å². The molecule has 2 saturated heterocycles. The molecule has 0 bridgehead atoms. The summed E-state index contributed by atoms with van der Waals surface area (Å²) in [7, 11) is 0. The largest absolute Gasteiger partial charge is 0.339 e. The maximum absolute atomic E-state index is 13.2. The first-order valence-electron chi connectivity index (χ1n) is 10.3. The fourth-order valence-electron chi connectivity index (χ4n) is 4.27. The van der Waals surface area contributed by atoms with Crippen LogP contribution in [0.4, 0.5) is 5.95 Å². The number of para-hydroxylation sites is 1. The van der Waals surface area contributed by atoms with Gasteiger partial charge in [-0.1, -0.05) is 48.5 Å². The number of fused-ring (bicyclic) bond motifs is 1. The zero-order valence-corrected chi connectivity index (χ0v) is 17.1. The van der Waals surface area contributed by atoms with Crippen molar-refractivity contribution in [2.45, 2.75) is 18.9 Å². The second-order valence-corrected chi connectivity index (χ2v) is 8.77. The van der Waals surface area contributed by atoms with Crippen LogP contribution in [0.25, 0.3) is 22.2 Å². The normalized spacial score (nSPS) is 19.7. The van der Waals surface area contributed by atoms with Crippen molar-refractivity contribution in [1.82, 2.24) is 14.9 Å². The smallest absolute Gasteiger partial charge is 0.245 e. The maximum atomic E-state index is 13.2. The molecule has 1 amide bonds. The molecule has 1 atom stereocenters. The molecule has 2 aliphatic heterocycles. The first kappa shape index (κ1) is 18.4. The zero-order chi connectivity index (χ0) is 19.6. The summed E-state index contributed by atoms with van der Waals surface area (Å²) in [6.45, 7) is 2.52. The lowest BCUT2D eigenvalue weighted by Crippen LogP contribution is -2.49. The Bertz CT molecular complexity index is 1020. The Morgan fingerprint density at radius 3 is 2.52 bits per heavy atom. The number of thioether (sulfide) groups is 1. The standard InChI is InChI=1S/C23H24N4OS/c28-22(26-13-15-29-16-14-26)20-11-6-12-27(20)23-24-19-10-5-4-9-18(19)21(25-23)17-7-2-1-3-8-17/h1-5,7-10,20H,6,11-16H2. The molecule has 2 fully saturated rings. The molecule has 3 aromatic rings. The lowest BCUT2D eigenvalue weighted by molar-refractivity contribution is -0.132. The average molecular weight is 405 g/mol. The summed E-state index contributed by atoms with van der Waals surface area (Å²) >= 11 is 1.92. The molecule has 29 heavy (non-hydrogen) atoms. The summed E-state index contributed by atoms with van der Waals surface area (Å²) in [5, 5.41) is 1.04. The van der Waals surface area contributed by atoms with Crippen LogP contribution in [0.2, 0.25) is 0 Å². The van der Waals surface area contributed by atoms with Gasteiger partial charge in [0.25, 0.3) is 0 Å². The third kappa shape index (κ3) is 3.57. The first-order valence-corrected chi connectivity index (χ1v) is 11.4. The average Bonchev–Trinajstić information content (AvgIpc) is 3.29. The Morgan fingerprint density at radius 2 is 1.69 bits per heavy atom. The summed E-state index contributed by atoms with van der Waals surface area (Å²) in [6, 6.07) is 18.2. The van der Waals surface area contributed by atoms with Crippen LogP contribution in [0.3, 0.4) is 0 Å². The second-order valence-electron chi connectivity index (χ2n) is 7.54. The number of carbonyl (C=O) groups is 1. The third-order valence-corrected chi connectivity index (χ3v) is 6.70. The lowest BCUT2D eigenvalue weighted by Gasteiger charge is -2.32. The van der Waals surface area contributed by atoms with Crippen molar-refractivity contribution in [1.29, 1.82) is 0 Å². The molecule has 0 aliphatic carbocycles. The highest BCUT2D eigenvalue weighted by molar-refractivity contribution is 7.99. The van der Waals surface area contributed by atoms with Gasteiger partial charge in [-0.25, -0.2) is 9.97 Å². The number of carbonyl (C=O) groups excluding carboxylic acids is 1. The summed E-state index contributed by atoms with van der Waals surface area (Å²) in [5.41, 5.74) is 2.92. The molecule has 1 aromatic heterocycles. The topological polar surface area (TPSA) is 49.3 Å². The zero-order valence-electron chi connectivity index (χ0n) is 16.3. The van der Waals surface area contributed by atoms with E-state index in [-0.39, 0.29) is 11.9 Å². The van der Waals surface area contributed by atoms with E-state index in [0.717, 1.165) is 66.1 Å². The summed E-state index contributed by atoms with van der Waals surface area (Å²) in [6.07, 6.45) is 1.87. The van der Waals surface area contributed by atoms with Crippen LogP contribution < -0.4 is 4.90 Å². The van der Waals surface area contributed by atoms with Gasteiger partial charge in [-0.3, -0.25) is 4.79 Å². The van der Waals surface area contributed by atoms with E-state index in [4.69, 9.17) is 9.97 Å². The predicted molar refractivity (Wildman–Crippen MR) is 119 cm³/mol. The molecule has 148 valence electrons. The van der Waals surface area contributed by atoms with Gasteiger partial charge >= 0.3 is 0 Å². The van der Waals surface area contributed by atoms with Crippen molar-refractivity contribution in [2.75, 3.05) is 36.0 Å². The van der Waals surface area contributed by atoms with Crippen molar-refractivity contribution >= 4 is 34.5 Å². The van der Waals surface area contributed by atoms with Gasteiger partial charge in [-0.15, -0.1) is 0 Å². The molecular weight excluding hydrogens is 380 g/mol. The van der Waals surface area contributed by atoms with Crippen LogP contribution >= 0.6 is 11.8 Å². The Morgan fingerprint density at radius 1 is 0.931 bits per heavy atom. The Hall–Kier alpha value is -2.60. The van der Waals surface area contributed by atoms with Crippen molar-refractivity contribution in [3.05, 3.63) is 54.6 Å². The molecule has 0 N–H and O–H groups in total. The summed E-state index contributed by atoms with van der Waals surface area (Å²) in [5.74, 6) is 2.97. The number of anilines is 1. The molecule has 1 unspecified atom stereocenters. The highest BCUT2D eigenvalue weighted by atomic mass is 32.2. The molecule has 6 heteroatoms. The van der Waals surface area contributed by atoms with E-state index in [0.29, 0.717) is 5.95 Å². The maximum Gasteiger partial charge on any atom is 0.245 e. The number of aromatic nitrogens is 2. The van der Waals surface area contributed by atoms with E-state index in [1.807, 2.05) is 53.1 Å². The van der Waals surface area contributed by atoms with E-state index in [2.05, 4.69) is 23.1 Å². The Labute approximate surface area is 175 Å². The lowest BCUT2D eigenvalue weighted by atomic mass is 10.1. The van der Waals surface area contributed by atoms with Crippen LogP contribution in [0.15, 0.2) is 54.6 Å². The van der Waals surface area contributed by atoms with Gasteiger partial charge in [0, 0.05) is 42.1 Å². The summed E-state index contributed by atoms with van der Waals surface area (Å²) in [4.78, 5) is 27.2. The van der Waals surface area contributed by atoms with Crippen molar-refractivity contribution in [3.63, 3.8) is 0 Å². The van der Waals surface area contributed by atoms with E-state index in [1.54, 1.807) is 0 Å². The van der Waals surface area contributed by atoms with Crippen LogP contribution in [-0.2, 0) is 4.79 Å². The van der Waals surface area contributed by atoms with Crippen molar-refractivity contribution in [2.24, 2.45) is 0 Å². The Kier molecular flexibility index (Phi) is 5.10. The number of hydrogen-bond donors (Lipinski definition) is 0. The van der Waals surface area contributed by atoms with Gasteiger partial charge in [0.15, 0.2) is 0 Å². The molecule has 0 saturated carbocycles. The van der Waals surface area contributed by atoms with Crippen molar-refractivity contribution < 1.29 is 4.79 Å². The molecule has 5 nitrogen and oxygen atoms in total. The fourth-order valence-corrected chi connectivity index (χ4v) is 5.17. The molecular formula is C23H24N4OS. The molecule has 5 rings (SSSR count). The first-order chi connectivity index (χ1) is 14.3. The van der Waals surface area contributed by atoms with Crippen LogP contribution in [0, 0.1) is 0 Å². The van der Waals surface area contributed by atoms with Crippen LogP contribution in [-0.4, -0.2) is 58.0 Å². The monoisotopic (exact) mass is 404 g/mol. The van der Waals surface area contributed by atoms with Gasteiger partial charge in [-0.05, 0) is 18.9 Å². The predicted octanol–water partition coefficient (Wildman–Crippen LogP) is 3.84. The van der Waals surface area contributed by atoms with Crippen LogP contribution in [0.1, 0.15) is 12.8 Å². The number of hydrogen-bond acceptors (Lipinski definition) is 5. The minimum atomic E-state index is -0.150. The van der Waals surface area contributed by atoms with E-state index < -0.39 is 0 Å².